The molecule has 2 aromatic rings. The molecule has 1 aromatic heterocycles. The number of nitrogens with zero attached hydrogens (tertiary/aromatic N) is 3. The van der Waals surface area contributed by atoms with Crippen molar-refractivity contribution in [3.8, 4) is 5.69 Å². The van der Waals surface area contributed by atoms with E-state index in [4.69, 9.17) is 4.43 Å². The van der Waals surface area contributed by atoms with Gasteiger partial charge < -0.3 is 4.43 Å². The third-order valence-corrected chi connectivity index (χ3v) is 21.3. The number of allylic oxidation sites excluding steroid dienone is 4. The highest BCUT2D eigenvalue weighted by molar-refractivity contribution is 14.1. The normalized spacial score (nSPS) is 37.4. The van der Waals surface area contributed by atoms with Crippen molar-refractivity contribution in [2.75, 3.05) is 4.43 Å². The Kier molecular flexibility index (Phi) is 8.94. The van der Waals surface area contributed by atoms with Gasteiger partial charge in [-0.1, -0.05) is 120 Å². The Bertz CT molecular complexity index is 1800. The average Bonchev–Trinajstić information content (AvgIpc) is 3.55. The van der Waals surface area contributed by atoms with E-state index in [9.17, 15) is 0 Å². The fourth-order valence-corrected chi connectivity index (χ4v) is 14.6. The van der Waals surface area contributed by atoms with Crippen LogP contribution >= 0.6 is 22.6 Å². The third kappa shape index (κ3) is 4.91. The lowest BCUT2D eigenvalue weighted by molar-refractivity contribution is -0.198. The third-order valence-electron chi connectivity index (χ3n) is 15.7. The zero-order valence-electron chi connectivity index (χ0n) is 32.3. The molecule has 6 nitrogen and oxygen atoms in total. The van der Waals surface area contributed by atoms with Crippen LogP contribution in [0, 0.1) is 46.3 Å². The first-order valence-electron chi connectivity index (χ1n) is 19.6. The molecule has 2 aliphatic heterocycles. The summed E-state index contributed by atoms with van der Waals surface area (Å²) in [6.45, 7) is 23.7. The highest BCUT2D eigenvalue weighted by atomic mass is 127. The van der Waals surface area contributed by atoms with E-state index in [1.807, 2.05) is 39.7 Å². The molecule has 0 saturated heterocycles. The van der Waals surface area contributed by atoms with Crippen molar-refractivity contribution in [3.05, 3.63) is 75.6 Å². The largest absolute Gasteiger partial charge is 0.414 e. The van der Waals surface area contributed by atoms with Gasteiger partial charge in [-0.15, -0.1) is 0 Å². The second-order valence-electron chi connectivity index (χ2n) is 19.3. The standard InChI is InChI=1S/C42H62IN3O3Si/c1-28(2)30(27-43)17-16-29(3)33-18-19-34-39(33,7)22-21-35-40(8)23-20-32(49-50(9,10)38(4,5)6)26-41(40)24-25-42(34,35)46-37(48)44(36(47)45(41)46)31-14-12-11-13-15-31/h11-17,24-25,28-30,32-35H,18-23,26-27H2,1-10H3/b17-16+/t29-,30?,32+,33-,34-,35-,39-,40-,41-,42+/m1/s1. The van der Waals surface area contributed by atoms with Gasteiger partial charge in [-0.25, -0.2) is 23.5 Å². The average molecular weight is 812 g/mol. The molecule has 50 heavy (non-hydrogen) atoms. The molecule has 1 aromatic carbocycles. The lowest BCUT2D eigenvalue weighted by Crippen LogP contribution is -2.76. The van der Waals surface area contributed by atoms with Gasteiger partial charge in [-0.2, -0.15) is 0 Å². The van der Waals surface area contributed by atoms with Crippen LogP contribution in [0.5, 0.6) is 0 Å². The van der Waals surface area contributed by atoms with Crippen molar-refractivity contribution in [2.45, 2.75) is 136 Å². The lowest BCUT2D eigenvalue weighted by Gasteiger charge is -2.71. The molecule has 274 valence electrons. The summed E-state index contributed by atoms with van der Waals surface area (Å²) in [6, 6.07) is 9.63. The fourth-order valence-electron chi connectivity index (χ4n) is 11.9. The SMILES string of the molecule is CC(C)C(/C=C/[C@@H](C)[C@H]1CC[C@@H]2[C@]1(C)CC[C@H]1[C@]23C=C[C@]2(C[C@@H](O[Si](C)(C)C(C)(C)C)CC[C@]12C)n1c(=O)n(-c2ccccc2)c(=O)n13)CI. The number of hydrogen-bond acceptors (Lipinski definition) is 3. The van der Waals surface area contributed by atoms with E-state index in [-0.39, 0.29) is 45.2 Å². The summed E-state index contributed by atoms with van der Waals surface area (Å²) in [4.78, 5) is 30.2. The summed E-state index contributed by atoms with van der Waals surface area (Å²) in [7, 11) is -2.07. The minimum atomic E-state index is -2.07. The molecular formula is C42H62IN3O3Si. The Balaban J connectivity index is 1.39. The van der Waals surface area contributed by atoms with E-state index >= 15 is 9.59 Å². The molecule has 3 heterocycles. The van der Waals surface area contributed by atoms with Gasteiger partial charge in [0.15, 0.2) is 8.32 Å². The van der Waals surface area contributed by atoms with Crippen molar-refractivity contribution in [3.63, 3.8) is 0 Å². The molecule has 2 bridgehead atoms. The summed E-state index contributed by atoms with van der Waals surface area (Å²) in [5.74, 6) is 2.78. The van der Waals surface area contributed by atoms with Gasteiger partial charge in [0.05, 0.1) is 16.8 Å². The maximum Gasteiger partial charge on any atom is 0.352 e. The first-order valence-corrected chi connectivity index (χ1v) is 24.0. The number of benzene rings is 1. The second kappa shape index (κ2) is 12.2. The Labute approximate surface area is 315 Å². The van der Waals surface area contributed by atoms with Crippen molar-refractivity contribution in [1.82, 2.24) is 13.9 Å². The summed E-state index contributed by atoms with van der Waals surface area (Å²) in [6.07, 6.45) is 17.2. The molecule has 8 rings (SSSR count). The van der Waals surface area contributed by atoms with E-state index in [0.29, 0.717) is 29.4 Å². The van der Waals surface area contributed by atoms with Crippen LogP contribution in [0.15, 0.2) is 64.2 Å². The number of para-hydroxylation sites is 1. The van der Waals surface area contributed by atoms with E-state index in [1.165, 1.54) is 11.0 Å². The smallest absolute Gasteiger partial charge is 0.352 e. The van der Waals surface area contributed by atoms with Gasteiger partial charge in [-0.05, 0) is 110 Å². The zero-order valence-corrected chi connectivity index (χ0v) is 35.5. The van der Waals surface area contributed by atoms with Gasteiger partial charge >= 0.3 is 11.4 Å². The van der Waals surface area contributed by atoms with E-state index in [2.05, 4.69) is 115 Å². The molecule has 3 saturated carbocycles. The van der Waals surface area contributed by atoms with Gasteiger partial charge in [0.25, 0.3) is 0 Å². The van der Waals surface area contributed by atoms with Crippen LogP contribution in [0.25, 0.3) is 5.69 Å². The predicted molar refractivity (Wildman–Crippen MR) is 216 cm³/mol. The number of fused-ring (bicyclic) bond motifs is 1. The van der Waals surface area contributed by atoms with E-state index in [0.717, 1.165) is 43.0 Å². The van der Waals surface area contributed by atoms with Gasteiger partial charge in [-0.3, -0.25) is 0 Å². The Morgan fingerprint density at radius 1 is 0.920 bits per heavy atom. The quantitative estimate of drug-likeness (QED) is 0.116. The monoisotopic (exact) mass is 811 g/mol. The fraction of sp³-hybridized carbons (Fsp3) is 0.714. The zero-order chi connectivity index (χ0) is 36.2. The summed E-state index contributed by atoms with van der Waals surface area (Å²) < 4.78 is 13.8. The Hall–Kier alpha value is -1.65. The van der Waals surface area contributed by atoms with E-state index in [1.54, 1.807) is 0 Å². The molecule has 6 aliphatic rings. The molecule has 3 fully saturated rings. The number of halogens is 1. The first-order chi connectivity index (χ1) is 23.4. The van der Waals surface area contributed by atoms with Crippen molar-refractivity contribution >= 4 is 30.9 Å². The highest BCUT2D eigenvalue weighted by Crippen LogP contribution is 2.74. The van der Waals surface area contributed by atoms with Gasteiger partial charge in [0.1, 0.15) is 0 Å². The number of rotatable bonds is 8. The molecule has 1 unspecified atom stereocenters. The maximum atomic E-state index is 15.1. The second-order valence-corrected chi connectivity index (χ2v) is 24.9. The lowest BCUT2D eigenvalue weighted by atomic mass is 9.40. The predicted octanol–water partition coefficient (Wildman–Crippen LogP) is 9.70. The molecule has 0 radical (unpaired) electrons. The van der Waals surface area contributed by atoms with Crippen molar-refractivity contribution < 1.29 is 4.43 Å². The van der Waals surface area contributed by atoms with Crippen LogP contribution in [0.3, 0.4) is 0 Å². The molecule has 2 spiro atoms. The van der Waals surface area contributed by atoms with Crippen LogP contribution in [0.1, 0.15) is 100 Å². The molecule has 4 aliphatic carbocycles. The molecule has 10 atom stereocenters. The molecule has 0 N–H and O–H groups in total. The summed E-state index contributed by atoms with van der Waals surface area (Å²) in [5, 5.41) is 0.0934. The maximum absolute atomic E-state index is 15.1. The molecular weight excluding hydrogens is 749 g/mol. The Morgan fingerprint density at radius 2 is 1.60 bits per heavy atom. The van der Waals surface area contributed by atoms with E-state index < -0.39 is 19.4 Å². The topological polar surface area (TPSA) is 58.2 Å². The van der Waals surface area contributed by atoms with Gasteiger partial charge in [0.2, 0.25) is 0 Å². The minimum absolute atomic E-state index is 0.0457. The van der Waals surface area contributed by atoms with Crippen LogP contribution in [-0.4, -0.2) is 32.8 Å². The van der Waals surface area contributed by atoms with Crippen LogP contribution in [0.2, 0.25) is 18.1 Å². The number of hydrogen-bond donors (Lipinski definition) is 0. The highest BCUT2D eigenvalue weighted by Gasteiger charge is 2.75. The molecule has 8 heteroatoms. The van der Waals surface area contributed by atoms with Crippen LogP contribution in [-0.2, 0) is 15.5 Å². The Morgan fingerprint density at radius 3 is 2.24 bits per heavy atom. The summed E-state index contributed by atoms with van der Waals surface area (Å²) in [5.41, 5.74) is -0.964. The number of alkyl halides is 1. The number of aromatic nitrogens is 3. The van der Waals surface area contributed by atoms with Crippen LogP contribution in [0.4, 0.5) is 0 Å². The molecule has 0 amide bonds. The minimum Gasteiger partial charge on any atom is -0.414 e. The summed E-state index contributed by atoms with van der Waals surface area (Å²) >= 11 is 2.54. The van der Waals surface area contributed by atoms with Crippen molar-refractivity contribution in [2.24, 2.45) is 46.3 Å². The van der Waals surface area contributed by atoms with Crippen molar-refractivity contribution in [1.29, 1.82) is 0 Å². The first kappa shape index (κ1) is 36.7. The van der Waals surface area contributed by atoms with Gasteiger partial charge in [0, 0.05) is 22.4 Å². The van der Waals surface area contributed by atoms with Crippen LogP contribution < -0.4 is 11.4 Å².